The van der Waals surface area contributed by atoms with E-state index in [2.05, 4.69) is 38.1 Å². The van der Waals surface area contributed by atoms with Crippen LogP contribution < -0.4 is 11.1 Å². The first-order chi connectivity index (χ1) is 10.1. The Balaban J connectivity index is 2.00. The molecular formula is C16H15BrN4. The minimum absolute atomic E-state index is 0.0865. The van der Waals surface area contributed by atoms with Crippen LogP contribution in [-0.4, -0.2) is 9.97 Å². The lowest BCUT2D eigenvalue weighted by Crippen LogP contribution is -2.09. The third-order valence-corrected chi connectivity index (χ3v) is 3.79. The van der Waals surface area contributed by atoms with E-state index in [1.54, 1.807) is 12.4 Å². The van der Waals surface area contributed by atoms with Crippen LogP contribution in [0.3, 0.4) is 0 Å². The van der Waals surface area contributed by atoms with E-state index >= 15 is 0 Å². The molecule has 0 aliphatic carbocycles. The molecule has 4 nitrogen and oxygen atoms in total. The zero-order valence-corrected chi connectivity index (χ0v) is 13.1. The van der Waals surface area contributed by atoms with Crippen LogP contribution in [0, 0.1) is 0 Å². The molecule has 0 amide bonds. The third-order valence-electron chi connectivity index (χ3n) is 3.35. The molecule has 21 heavy (non-hydrogen) atoms. The molecule has 106 valence electrons. The Bertz CT molecular complexity index is 774. The van der Waals surface area contributed by atoms with Gasteiger partial charge in [0.2, 0.25) is 0 Å². The van der Waals surface area contributed by atoms with Crippen molar-refractivity contribution < 1.29 is 0 Å². The van der Waals surface area contributed by atoms with Gasteiger partial charge in [-0.15, -0.1) is 0 Å². The Morgan fingerprint density at radius 3 is 2.81 bits per heavy atom. The highest BCUT2D eigenvalue weighted by molar-refractivity contribution is 9.10. The molecule has 1 unspecified atom stereocenters. The largest absolute Gasteiger partial charge is 0.398 e. The molecule has 0 bridgehead atoms. The van der Waals surface area contributed by atoms with E-state index in [4.69, 9.17) is 5.73 Å². The van der Waals surface area contributed by atoms with Crippen LogP contribution in [0.1, 0.15) is 18.7 Å². The summed E-state index contributed by atoms with van der Waals surface area (Å²) in [5.41, 5.74) is 9.55. The zero-order chi connectivity index (χ0) is 14.8. The average molecular weight is 343 g/mol. The van der Waals surface area contributed by atoms with Crippen LogP contribution in [0.15, 0.2) is 53.3 Å². The summed E-state index contributed by atoms with van der Waals surface area (Å²) in [7, 11) is 0. The predicted molar refractivity (Wildman–Crippen MR) is 90.1 cm³/mol. The molecule has 0 saturated carbocycles. The zero-order valence-electron chi connectivity index (χ0n) is 11.5. The number of rotatable bonds is 3. The number of halogens is 1. The summed E-state index contributed by atoms with van der Waals surface area (Å²) in [6, 6.07) is 11.8. The van der Waals surface area contributed by atoms with Crippen molar-refractivity contribution in [3.05, 3.63) is 59.0 Å². The fourth-order valence-corrected chi connectivity index (χ4v) is 2.60. The fraction of sp³-hybridized carbons (Fsp3) is 0.125. The second kappa shape index (κ2) is 5.69. The van der Waals surface area contributed by atoms with E-state index in [1.807, 2.05) is 36.4 Å². The maximum Gasteiger partial charge on any atom is 0.0954 e. The molecule has 0 fully saturated rings. The summed E-state index contributed by atoms with van der Waals surface area (Å²) < 4.78 is 0.914. The van der Waals surface area contributed by atoms with Gasteiger partial charge in [-0.25, -0.2) is 0 Å². The van der Waals surface area contributed by atoms with Crippen molar-refractivity contribution in [3.63, 3.8) is 0 Å². The first kappa shape index (κ1) is 13.8. The van der Waals surface area contributed by atoms with Crippen molar-refractivity contribution in [3.8, 4) is 0 Å². The highest BCUT2D eigenvalue weighted by atomic mass is 79.9. The number of hydrogen-bond acceptors (Lipinski definition) is 4. The molecular weight excluding hydrogens is 328 g/mol. The predicted octanol–water partition coefficient (Wildman–Crippen LogP) is 4.15. The molecule has 2 aromatic heterocycles. The third kappa shape index (κ3) is 2.83. The maximum atomic E-state index is 6.03. The average Bonchev–Trinajstić information content (AvgIpc) is 2.51. The summed E-state index contributed by atoms with van der Waals surface area (Å²) in [4.78, 5) is 8.85. The molecule has 0 aliphatic heterocycles. The van der Waals surface area contributed by atoms with Gasteiger partial charge in [-0.3, -0.25) is 9.97 Å². The molecule has 2 heterocycles. The molecule has 0 spiro atoms. The van der Waals surface area contributed by atoms with Crippen LogP contribution in [0.5, 0.6) is 0 Å². The smallest absolute Gasteiger partial charge is 0.0954 e. The number of pyridine rings is 2. The van der Waals surface area contributed by atoms with E-state index < -0.39 is 0 Å². The van der Waals surface area contributed by atoms with Gasteiger partial charge in [0, 0.05) is 27.9 Å². The van der Waals surface area contributed by atoms with Gasteiger partial charge in [-0.1, -0.05) is 6.07 Å². The quantitative estimate of drug-likeness (QED) is 0.702. The Morgan fingerprint density at radius 2 is 2.05 bits per heavy atom. The van der Waals surface area contributed by atoms with Crippen molar-refractivity contribution >= 4 is 38.2 Å². The lowest BCUT2D eigenvalue weighted by molar-refractivity contribution is 0.840. The van der Waals surface area contributed by atoms with E-state index in [-0.39, 0.29) is 6.04 Å². The SMILES string of the molecule is CC(Nc1ccc(N)c2cc(Br)cnc12)c1ccccn1. The van der Waals surface area contributed by atoms with Crippen LogP contribution in [0.2, 0.25) is 0 Å². The summed E-state index contributed by atoms with van der Waals surface area (Å²) in [5, 5.41) is 4.38. The highest BCUT2D eigenvalue weighted by Crippen LogP contribution is 2.30. The molecule has 0 aliphatic rings. The van der Waals surface area contributed by atoms with Gasteiger partial charge >= 0.3 is 0 Å². The number of hydrogen-bond donors (Lipinski definition) is 2. The Labute approximate surface area is 131 Å². The lowest BCUT2D eigenvalue weighted by Gasteiger charge is -2.16. The standard InChI is InChI=1S/C16H15BrN4/c1-10(14-4-2-3-7-19-14)21-15-6-5-13(18)12-8-11(17)9-20-16(12)15/h2-10,21H,18H2,1H3. The Hall–Kier alpha value is -2.14. The van der Waals surface area contributed by atoms with Gasteiger partial charge in [0.1, 0.15) is 0 Å². The first-order valence-corrected chi connectivity index (χ1v) is 7.45. The number of nitrogens with two attached hydrogens (primary N) is 1. The van der Waals surface area contributed by atoms with E-state index in [9.17, 15) is 0 Å². The molecule has 1 aromatic carbocycles. The van der Waals surface area contributed by atoms with Crippen LogP contribution in [0.4, 0.5) is 11.4 Å². The van der Waals surface area contributed by atoms with Gasteiger partial charge in [-0.05, 0) is 53.2 Å². The second-order valence-corrected chi connectivity index (χ2v) is 5.79. The van der Waals surface area contributed by atoms with Crippen molar-refractivity contribution in [1.29, 1.82) is 0 Å². The van der Waals surface area contributed by atoms with Gasteiger partial charge in [0.15, 0.2) is 0 Å². The highest BCUT2D eigenvalue weighted by Gasteiger charge is 2.11. The van der Waals surface area contributed by atoms with Gasteiger partial charge in [0.25, 0.3) is 0 Å². The molecule has 3 rings (SSSR count). The number of nitrogen functional groups attached to an aromatic ring is 1. The second-order valence-electron chi connectivity index (χ2n) is 4.87. The first-order valence-electron chi connectivity index (χ1n) is 6.66. The summed E-state index contributed by atoms with van der Waals surface area (Å²) in [5.74, 6) is 0. The summed E-state index contributed by atoms with van der Waals surface area (Å²) in [6.45, 7) is 2.07. The van der Waals surface area contributed by atoms with Crippen molar-refractivity contribution in [2.45, 2.75) is 13.0 Å². The summed E-state index contributed by atoms with van der Waals surface area (Å²) >= 11 is 3.43. The molecule has 5 heteroatoms. The van der Waals surface area contributed by atoms with E-state index in [0.717, 1.165) is 32.4 Å². The van der Waals surface area contributed by atoms with E-state index in [0.29, 0.717) is 0 Å². The van der Waals surface area contributed by atoms with Gasteiger partial charge in [0.05, 0.1) is 22.9 Å². The number of aromatic nitrogens is 2. The Morgan fingerprint density at radius 1 is 1.19 bits per heavy atom. The Kier molecular flexibility index (Phi) is 3.75. The number of benzene rings is 1. The number of fused-ring (bicyclic) bond motifs is 1. The summed E-state index contributed by atoms with van der Waals surface area (Å²) in [6.07, 6.45) is 3.57. The molecule has 3 aromatic rings. The molecule has 0 saturated heterocycles. The topological polar surface area (TPSA) is 63.8 Å². The van der Waals surface area contributed by atoms with Crippen molar-refractivity contribution in [2.24, 2.45) is 0 Å². The minimum Gasteiger partial charge on any atom is -0.398 e. The molecule has 0 radical (unpaired) electrons. The van der Waals surface area contributed by atoms with Crippen molar-refractivity contribution in [2.75, 3.05) is 11.1 Å². The monoisotopic (exact) mass is 342 g/mol. The fourth-order valence-electron chi connectivity index (χ4n) is 2.27. The number of nitrogens with zero attached hydrogens (tertiary/aromatic N) is 2. The molecule has 3 N–H and O–H groups in total. The van der Waals surface area contributed by atoms with Crippen molar-refractivity contribution in [1.82, 2.24) is 9.97 Å². The normalized spacial score (nSPS) is 12.3. The van der Waals surface area contributed by atoms with Crippen LogP contribution in [-0.2, 0) is 0 Å². The number of anilines is 2. The van der Waals surface area contributed by atoms with Gasteiger partial charge < -0.3 is 11.1 Å². The molecule has 1 atom stereocenters. The lowest BCUT2D eigenvalue weighted by atomic mass is 10.1. The van der Waals surface area contributed by atoms with Crippen LogP contribution in [0.25, 0.3) is 10.9 Å². The van der Waals surface area contributed by atoms with Gasteiger partial charge in [-0.2, -0.15) is 0 Å². The maximum absolute atomic E-state index is 6.03. The number of nitrogens with one attached hydrogen (secondary N) is 1. The van der Waals surface area contributed by atoms with E-state index in [1.165, 1.54) is 0 Å². The van der Waals surface area contributed by atoms with Crippen LogP contribution >= 0.6 is 15.9 Å². The minimum atomic E-state index is 0.0865.